The highest BCUT2D eigenvalue weighted by Gasteiger charge is 2.51. The van der Waals surface area contributed by atoms with Crippen LogP contribution in [-0.4, -0.2) is 9.97 Å². The molecule has 1 aliphatic carbocycles. The van der Waals surface area contributed by atoms with Crippen LogP contribution in [0.5, 0.6) is 0 Å². The molecular weight excluding hydrogens is 823 g/mol. The van der Waals surface area contributed by atoms with Crippen molar-refractivity contribution in [3.8, 4) is 78.4 Å². The molecule has 0 radical (unpaired) electrons. The van der Waals surface area contributed by atoms with Gasteiger partial charge in [-0.15, -0.1) is 0 Å². The highest BCUT2D eigenvalue weighted by atomic mass is 15.2. The van der Waals surface area contributed by atoms with Crippen molar-refractivity contribution in [2.45, 2.75) is 5.41 Å². The standard InChI is InChI=1S/C65H43N3/c1-4-16-44(17-5-1)45-34-38-51(39-35-45)64-66-60(49-18-6-2-7-19-49)43-61(67-64)50-36-32-47(33-37-50)46-28-30-48(31-29-46)52-40-41-55-54-22-10-11-23-56(54)65(59(55)42-52)57-24-12-14-26-62(57)68(53-20-8-3-9-21-53)63-27-15-13-25-58(63)65/h1-43H. The molecule has 2 aliphatic rings. The third-order valence-corrected chi connectivity index (χ3v) is 13.9. The Hall–Kier alpha value is -8.92. The maximum Gasteiger partial charge on any atom is 0.160 e. The van der Waals surface area contributed by atoms with Crippen LogP contribution >= 0.6 is 0 Å². The fraction of sp³-hybridized carbons (Fsp3) is 0.0154. The second-order valence-corrected chi connectivity index (χ2v) is 17.7. The van der Waals surface area contributed by atoms with Crippen molar-refractivity contribution in [1.29, 1.82) is 0 Å². The monoisotopic (exact) mass is 865 g/mol. The van der Waals surface area contributed by atoms with Gasteiger partial charge >= 0.3 is 0 Å². The molecule has 0 saturated heterocycles. The van der Waals surface area contributed by atoms with Crippen molar-refractivity contribution in [1.82, 2.24) is 9.97 Å². The third-order valence-electron chi connectivity index (χ3n) is 13.9. The minimum Gasteiger partial charge on any atom is -0.310 e. The van der Waals surface area contributed by atoms with E-state index in [-0.39, 0.29) is 0 Å². The largest absolute Gasteiger partial charge is 0.310 e. The molecule has 0 atom stereocenters. The highest BCUT2D eigenvalue weighted by Crippen LogP contribution is 2.63. The summed E-state index contributed by atoms with van der Waals surface area (Å²) in [7, 11) is 0. The number of hydrogen-bond acceptors (Lipinski definition) is 3. The van der Waals surface area contributed by atoms with Crippen molar-refractivity contribution < 1.29 is 0 Å². The Morgan fingerprint density at radius 2 is 0.647 bits per heavy atom. The van der Waals surface area contributed by atoms with E-state index in [9.17, 15) is 0 Å². The predicted octanol–water partition coefficient (Wildman–Crippen LogP) is 16.6. The van der Waals surface area contributed by atoms with E-state index < -0.39 is 5.41 Å². The van der Waals surface area contributed by atoms with E-state index in [2.05, 4.69) is 254 Å². The Labute approximate surface area is 397 Å². The molecule has 68 heavy (non-hydrogen) atoms. The Kier molecular flexibility index (Phi) is 9.40. The lowest BCUT2D eigenvalue weighted by molar-refractivity contribution is 0.753. The van der Waals surface area contributed by atoms with Crippen LogP contribution in [-0.2, 0) is 5.41 Å². The third kappa shape index (κ3) is 6.43. The van der Waals surface area contributed by atoms with Gasteiger partial charge in [0.2, 0.25) is 0 Å². The lowest BCUT2D eigenvalue weighted by atomic mass is 9.64. The number of aromatic nitrogens is 2. The average Bonchev–Trinajstić information content (AvgIpc) is 3.71. The summed E-state index contributed by atoms with van der Waals surface area (Å²) in [4.78, 5) is 12.7. The maximum absolute atomic E-state index is 5.15. The summed E-state index contributed by atoms with van der Waals surface area (Å²) in [6.07, 6.45) is 0. The van der Waals surface area contributed by atoms with Crippen LogP contribution in [0.1, 0.15) is 22.3 Å². The average molecular weight is 866 g/mol. The minimum absolute atomic E-state index is 0.499. The van der Waals surface area contributed by atoms with Crippen LogP contribution in [0.2, 0.25) is 0 Å². The van der Waals surface area contributed by atoms with Gasteiger partial charge < -0.3 is 4.90 Å². The summed E-state index contributed by atoms with van der Waals surface area (Å²) >= 11 is 0. The molecule has 0 unspecified atom stereocenters. The van der Waals surface area contributed by atoms with Crippen molar-refractivity contribution in [2.24, 2.45) is 0 Å². The topological polar surface area (TPSA) is 29.0 Å². The molecule has 0 saturated carbocycles. The Morgan fingerprint density at radius 1 is 0.265 bits per heavy atom. The van der Waals surface area contributed by atoms with Crippen molar-refractivity contribution in [3.63, 3.8) is 0 Å². The lowest BCUT2D eigenvalue weighted by Crippen LogP contribution is -2.36. The van der Waals surface area contributed by atoms with Gasteiger partial charge in [-0.25, -0.2) is 9.97 Å². The summed E-state index contributed by atoms with van der Waals surface area (Å²) in [6.45, 7) is 0. The summed E-state index contributed by atoms with van der Waals surface area (Å²) in [5.41, 5.74) is 22.7. The van der Waals surface area contributed by atoms with Crippen LogP contribution in [0, 0.1) is 0 Å². The molecule has 318 valence electrons. The van der Waals surface area contributed by atoms with Gasteiger partial charge in [0.25, 0.3) is 0 Å². The zero-order chi connectivity index (χ0) is 45.0. The van der Waals surface area contributed by atoms with Crippen LogP contribution in [0.25, 0.3) is 78.4 Å². The molecular formula is C65H43N3. The molecule has 3 heteroatoms. The van der Waals surface area contributed by atoms with Crippen molar-refractivity contribution in [3.05, 3.63) is 283 Å². The Morgan fingerprint density at radius 3 is 1.22 bits per heavy atom. The minimum atomic E-state index is -0.499. The molecule has 3 nitrogen and oxygen atoms in total. The lowest BCUT2D eigenvalue weighted by Gasteiger charge is -2.45. The van der Waals surface area contributed by atoms with Crippen LogP contribution in [0.15, 0.2) is 261 Å². The zero-order valence-electron chi connectivity index (χ0n) is 37.2. The molecule has 0 N–H and O–H groups in total. The van der Waals surface area contributed by atoms with Crippen LogP contribution in [0.3, 0.4) is 0 Å². The molecule has 1 spiro atoms. The summed E-state index contributed by atoms with van der Waals surface area (Å²) in [5, 5.41) is 0. The molecule has 1 aromatic heterocycles. The van der Waals surface area contributed by atoms with Gasteiger partial charge in [-0.1, -0.05) is 224 Å². The van der Waals surface area contributed by atoms with Crippen LogP contribution < -0.4 is 4.90 Å². The van der Waals surface area contributed by atoms with Crippen molar-refractivity contribution >= 4 is 17.1 Å². The van der Waals surface area contributed by atoms with Gasteiger partial charge in [0.05, 0.1) is 28.2 Å². The SMILES string of the molecule is c1ccc(-c2ccc(-c3nc(-c4ccccc4)cc(-c4ccc(-c5ccc(-c6ccc7c(c6)C6(c8ccccc8-7)c7ccccc7N(c7ccccc7)c7ccccc76)cc5)cc4)n3)cc2)cc1. The fourth-order valence-electron chi connectivity index (χ4n) is 10.8. The maximum atomic E-state index is 5.15. The van der Waals surface area contributed by atoms with Gasteiger partial charge in [-0.3, -0.25) is 0 Å². The van der Waals surface area contributed by atoms with Gasteiger partial charge in [-0.2, -0.15) is 0 Å². The van der Waals surface area contributed by atoms with Crippen molar-refractivity contribution in [2.75, 3.05) is 4.90 Å². The fourth-order valence-corrected chi connectivity index (χ4v) is 10.8. The molecule has 0 fully saturated rings. The molecule has 1 aliphatic heterocycles. The van der Waals surface area contributed by atoms with Crippen LogP contribution in [0.4, 0.5) is 17.1 Å². The van der Waals surface area contributed by atoms with E-state index in [1.54, 1.807) is 0 Å². The molecule has 10 aromatic carbocycles. The normalized spacial score (nSPS) is 12.8. The first-order valence-electron chi connectivity index (χ1n) is 23.3. The number of hydrogen-bond donors (Lipinski definition) is 0. The predicted molar refractivity (Wildman–Crippen MR) is 280 cm³/mol. The number of nitrogens with zero attached hydrogens (tertiary/aromatic N) is 3. The molecule has 11 aromatic rings. The summed E-state index contributed by atoms with van der Waals surface area (Å²) in [6, 6.07) is 94.2. The first-order valence-corrected chi connectivity index (χ1v) is 23.3. The van der Waals surface area contributed by atoms with E-state index in [4.69, 9.17) is 9.97 Å². The first-order chi connectivity index (χ1) is 33.7. The quantitative estimate of drug-likeness (QED) is 0.160. The summed E-state index contributed by atoms with van der Waals surface area (Å²) in [5.74, 6) is 0.702. The van der Waals surface area contributed by atoms with E-state index in [1.165, 1.54) is 61.4 Å². The molecule has 13 rings (SSSR count). The second-order valence-electron chi connectivity index (χ2n) is 17.7. The number of benzene rings is 10. The number of rotatable bonds is 7. The first kappa shape index (κ1) is 39.4. The molecule has 0 amide bonds. The van der Waals surface area contributed by atoms with E-state index in [0.29, 0.717) is 5.82 Å². The molecule has 2 heterocycles. The smallest absolute Gasteiger partial charge is 0.160 e. The Bertz CT molecular complexity index is 3590. The van der Waals surface area contributed by atoms with E-state index in [0.717, 1.165) is 50.5 Å². The number of anilines is 3. The van der Waals surface area contributed by atoms with Gasteiger partial charge in [-0.05, 0) is 103 Å². The van der Waals surface area contributed by atoms with E-state index >= 15 is 0 Å². The Balaban J connectivity index is 0.849. The number of para-hydroxylation sites is 3. The molecule has 0 bridgehead atoms. The zero-order valence-corrected chi connectivity index (χ0v) is 37.2. The highest BCUT2D eigenvalue weighted by molar-refractivity contribution is 5.96. The second kappa shape index (κ2) is 16.2. The summed E-state index contributed by atoms with van der Waals surface area (Å²) < 4.78 is 0. The van der Waals surface area contributed by atoms with Gasteiger partial charge in [0, 0.05) is 22.4 Å². The number of fused-ring (bicyclic) bond motifs is 9. The van der Waals surface area contributed by atoms with Gasteiger partial charge in [0.15, 0.2) is 5.82 Å². The van der Waals surface area contributed by atoms with Gasteiger partial charge in [0.1, 0.15) is 0 Å². The van der Waals surface area contributed by atoms with E-state index in [1.807, 2.05) is 12.1 Å².